The Kier molecular flexibility index (Phi) is 4.70. The molecule has 2 rings (SSSR count). The number of rotatable bonds is 4. The number of aliphatic hydroxyl groups excluding tert-OH is 1. The zero-order valence-corrected chi connectivity index (χ0v) is 12.3. The minimum absolute atomic E-state index is 0.0827. The number of aliphatic hydroxyl groups is 1. The van der Waals surface area contributed by atoms with Crippen molar-refractivity contribution in [3.63, 3.8) is 0 Å². The van der Waals surface area contributed by atoms with Crippen molar-refractivity contribution >= 4 is 27.8 Å². The number of hydrogen-bond acceptors (Lipinski definition) is 4. The van der Waals surface area contributed by atoms with Crippen molar-refractivity contribution in [2.24, 2.45) is 7.05 Å². The van der Waals surface area contributed by atoms with E-state index in [2.05, 4.69) is 36.6 Å². The molecule has 7 nitrogen and oxygen atoms in total. The number of carbonyl (C=O) groups is 1. The molecule has 0 radical (unpaired) electrons. The fourth-order valence-electron chi connectivity index (χ4n) is 1.64. The summed E-state index contributed by atoms with van der Waals surface area (Å²) < 4.78 is 2.37. The van der Waals surface area contributed by atoms with Crippen molar-refractivity contribution in [1.82, 2.24) is 20.1 Å². The van der Waals surface area contributed by atoms with Gasteiger partial charge in [-0.2, -0.15) is 5.10 Å². The lowest BCUT2D eigenvalue weighted by molar-refractivity contribution is 0.166. The second-order valence-electron chi connectivity index (χ2n) is 4.09. The van der Waals surface area contributed by atoms with E-state index in [-0.39, 0.29) is 6.54 Å². The average Bonchev–Trinajstić information content (AvgIpc) is 2.82. The van der Waals surface area contributed by atoms with Crippen molar-refractivity contribution in [2.75, 3.05) is 11.9 Å². The Morgan fingerprint density at radius 2 is 2.30 bits per heavy atom. The number of halogens is 1. The van der Waals surface area contributed by atoms with Gasteiger partial charge in [-0.05, 0) is 18.2 Å². The first-order valence-corrected chi connectivity index (χ1v) is 6.68. The molecule has 106 valence electrons. The highest BCUT2D eigenvalue weighted by molar-refractivity contribution is 9.10. The van der Waals surface area contributed by atoms with Crippen LogP contribution in [0.5, 0.6) is 0 Å². The first-order valence-electron chi connectivity index (χ1n) is 5.88. The Balaban J connectivity index is 1.85. The second-order valence-corrected chi connectivity index (χ2v) is 5.01. The molecule has 20 heavy (non-hydrogen) atoms. The van der Waals surface area contributed by atoms with Gasteiger partial charge in [-0.25, -0.2) is 9.78 Å². The highest BCUT2D eigenvalue weighted by Gasteiger charge is 2.12. The van der Waals surface area contributed by atoms with Gasteiger partial charge in [0.15, 0.2) is 0 Å². The van der Waals surface area contributed by atoms with Crippen LogP contribution in [0.3, 0.4) is 0 Å². The Bertz CT molecular complexity index is 601. The van der Waals surface area contributed by atoms with Crippen LogP contribution in [0.15, 0.2) is 35.1 Å². The smallest absolute Gasteiger partial charge is 0.320 e. The van der Waals surface area contributed by atoms with E-state index >= 15 is 0 Å². The Hall–Kier alpha value is -1.93. The molecule has 0 aliphatic heterocycles. The highest BCUT2D eigenvalue weighted by Crippen LogP contribution is 2.13. The van der Waals surface area contributed by atoms with Crippen LogP contribution in [-0.2, 0) is 7.05 Å². The monoisotopic (exact) mass is 339 g/mol. The molecule has 0 aliphatic rings. The van der Waals surface area contributed by atoms with Crippen molar-refractivity contribution in [1.29, 1.82) is 0 Å². The molecule has 0 saturated carbocycles. The predicted octanol–water partition coefficient (Wildman–Crippen LogP) is 1.43. The van der Waals surface area contributed by atoms with E-state index in [0.717, 1.165) is 4.47 Å². The number of aryl methyl sites for hydroxylation is 1. The summed E-state index contributed by atoms with van der Waals surface area (Å²) in [6, 6.07) is 4.70. The first kappa shape index (κ1) is 14.5. The van der Waals surface area contributed by atoms with Gasteiger partial charge in [-0.3, -0.25) is 10.00 Å². The summed E-state index contributed by atoms with van der Waals surface area (Å²) in [7, 11) is 1.73. The predicted molar refractivity (Wildman–Crippen MR) is 77.1 cm³/mol. The summed E-state index contributed by atoms with van der Waals surface area (Å²) in [5.41, 5.74) is 0.630. The third-order valence-corrected chi connectivity index (χ3v) is 3.11. The molecule has 0 aromatic carbocycles. The third kappa shape index (κ3) is 3.78. The summed E-state index contributed by atoms with van der Waals surface area (Å²) in [4.78, 5) is 15.7. The summed E-state index contributed by atoms with van der Waals surface area (Å²) >= 11 is 3.29. The normalized spacial score (nSPS) is 11.9. The van der Waals surface area contributed by atoms with E-state index in [4.69, 9.17) is 0 Å². The molecule has 2 aromatic rings. The zero-order chi connectivity index (χ0) is 14.5. The number of amides is 2. The van der Waals surface area contributed by atoms with Crippen LogP contribution in [0.2, 0.25) is 0 Å². The molecular weight excluding hydrogens is 326 g/mol. The Labute approximate surface area is 124 Å². The maximum Gasteiger partial charge on any atom is 0.320 e. The lowest BCUT2D eigenvalue weighted by Crippen LogP contribution is -2.33. The van der Waals surface area contributed by atoms with Crippen molar-refractivity contribution in [3.8, 4) is 0 Å². The summed E-state index contributed by atoms with van der Waals surface area (Å²) in [6.45, 7) is 0.0827. The van der Waals surface area contributed by atoms with Crippen LogP contribution in [0.4, 0.5) is 10.6 Å². The maximum absolute atomic E-state index is 11.7. The van der Waals surface area contributed by atoms with Crippen LogP contribution in [-0.4, -0.2) is 32.4 Å². The number of carbonyl (C=O) groups excluding carboxylic acids is 1. The molecule has 2 amide bonds. The van der Waals surface area contributed by atoms with Crippen LogP contribution < -0.4 is 10.6 Å². The van der Waals surface area contributed by atoms with Gasteiger partial charge < -0.3 is 10.4 Å². The molecule has 0 fully saturated rings. The number of aromatic nitrogens is 3. The summed E-state index contributed by atoms with van der Waals surface area (Å²) in [5.74, 6) is 0.423. The van der Waals surface area contributed by atoms with Crippen LogP contribution >= 0.6 is 15.9 Å². The molecule has 0 bridgehead atoms. The SMILES string of the molecule is Cn1nccc1C(O)CNC(=O)Nc1cc(Br)ccn1. The number of urea groups is 1. The topological polar surface area (TPSA) is 92.1 Å². The summed E-state index contributed by atoms with van der Waals surface area (Å²) in [5, 5.41) is 19.0. The highest BCUT2D eigenvalue weighted by atomic mass is 79.9. The van der Waals surface area contributed by atoms with E-state index in [1.807, 2.05) is 0 Å². The number of nitrogens with zero attached hydrogens (tertiary/aromatic N) is 3. The van der Waals surface area contributed by atoms with Crippen molar-refractivity contribution in [3.05, 3.63) is 40.8 Å². The lowest BCUT2D eigenvalue weighted by atomic mass is 10.2. The van der Waals surface area contributed by atoms with E-state index in [0.29, 0.717) is 11.5 Å². The number of anilines is 1. The standard InChI is InChI=1S/C12H14BrN5O2/c1-18-9(3-5-16-18)10(19)7-15-12(20)17-11-6-8(13)2-4-14-11/h2-6,10,19H,7H2,1H3,(H2,14,15,17,20). The van der Waals surface area contributed by atoms with Gasteiger partial charge in [0.2, 0.25) is 0 Å². The molecule has 0 saturated heterocycles. The molecule has 0 aliphatic carbocycles. The largest absolute Gasteiger partial charge is 0.385 e. The third-order valence-electron chi connectivity index (χ3n) is 2.62. The quantitative estimate of drug-likeness (QED) is 0.785. The van der Waals surface area contributed by atoms with Gasteiger partial charge in [0.1, 0.15) is 11.9 Å². The number of hydrogen-bond donors (Lipinski definition) is 3. The second kappa shape index (κ2) is 6.49. The minimum Gasteiger partial charge on any atom is -0.385 e. The fourth-order valence-corrected chi connectivity index (χ4v) is 1.97. The first-order chi connectivity index (χ1) is 9.56. The minimum atomic E-state index is -0.816. The van der Waals surface area contributed by atoms with Crippen molar-refractivity contribution < 1.29 is 9.90 Å². The van der Waals surface area contributed by atoms with E-state index in [1.54, 1.807) is 42.3 Å². The lowest BCUT2D eigenvalue weighted by Gasteiger charge is -2.12. The van der Waals surface area contributed by atoms with E-state index in [1.165, 1.54) is 0 Å². The molecule has 8 heteroatoms. The molecule has 2 heterocycles. The molecule has 3 N–H and O–H groups in total. The van der Waals surface area contributed by atoms with Crippen LogP contribution in [0.25, 0.3) is 0 Å². The van der Waals surface area contributed by atoms with E-state index in [9.17, 15) is 9.90 Å². The average molecular weight is 340 g/mol. The van der Waals surface area contributed by atoms with Gasteiger partial charge in [-0.15, -0.1) is 0 Å². The van der Waals surface area contributed by atoms with E-state index < -0.39 is 12.1 Å². The maximum atomic E-state index is 11.7. The van der Waals surface area contributed by atoms with Gasteiger partial charge >= 0.3 is 6.03 Å². The zero-order valence-electron chi connectivity index (χ0n) is 10.7. The number of nitrogens with one attached hydrogen (secondary N) is 2. The Morgan fingerprint density at radius 3 is 2.95 bits per heavy atom. The fraction of sp³-hybridized carbons (Fsp3) is 0.250. The van der Waals surface area contributed by atoms with Crippen LogP contribution in [0.1, 0.15) is 11.8 Å². The molecule has 1 atom stereocenters. The van der Waals surface area contributed by atoms with Gasteiger partial charge in [0.05, 0.1) is 12.2 Å². The molecule has 1 unspecified atom stereocenters. The molecular formula is C12H14BrN5O2. The van der Waals surface area contributed by atoms with Gasteiger partial charge in [0, 0.05) is 23.9 Å². The van der Waals surface area contributed by atoms with Gasteiger partial charge in [0.25, 0.3) is 0 Å². The van der Waals surface area contributed by atoms with Crippen molar-refractivity contribution in [2.45, 2.75) is 6.10 Å². The summed E-state index contributed by atoms with van der Waals surface area (Å²) in [6.07, 6.45) is 2.34. The van der Waals surface area contributed by atoms with Crippen LogP contribution in [0, 0.1) is 0 Å². The Morgan fingerprint density at radius 1 is 1.50 bits per heavy atom. The van der Waals surface area contributed by atoms with Gasteiger partial charge in [-0.1, -0.05) is 15.9 Å². The molecule has 0 spiro atoms. The molecule has 2 aromatic heterocycles. The number of pyridine rings is 1.